The minimum atomic E-state index is -3.09. The summed E-state index contributed by atoms with van der Waals surface area (Å²) in [6.45, 7) is 0. The molecule has 10 nitrogen and oxygen atoms in total. The highest BCUT2D eigenvalue weighted by Gasteiger charge is 2.35. The van der Waals surface area contributed by atoms with Crippen LogP contribution in [0.4, 0.5) is 5.69 Å². The van der Waals surface area contributed by atoms with E-state index in [0.29, 0.717) is 24.3 Å². The molecule has 12 heteroatoms. The number of benzene rings is 1. The first-order valence-electron chi connectivity index (χ1n) is 10.5. The Bertz CT molecular complexity index is 1220. The average molecular weight is 504 g/mol. The zero-order valence-electron chi connectivity index (χ0n) is 18.0. The summed E-state index contributed by atoms with van der Waals surface area (Å²) < 4.78 is 28.8. The number of aromatic nitrogens is 3. The highest BCUT2D eigenvalue weighted by molar-refractivity contribution is 7.91. The standard InChI is InChI=1S/C22H22ClN5O5S/c23-11-20(29)28(17-3-1-15(2-4-17)19-13-25-14-33-19)21(18-12-24-7-8-26-18)22(30)27-16-5-9-34(31,32)10-6-16/h1-4,7-8,12-14,16,21H,5-6,9-11H2,(H,27,30). The van der Waals surface area contributed by atoms with Crippen LogP contribution in [0.5, 0.6) is 0 Å². The average Bonchev–Trinajstić information content (AvgIpc) is 3.39. The normalized spacial score (nSPS) is 16.5. The molecule has 0 radical (unpaired) electrons. The first-order chi connectivity index (χ1) is 16.4. The molecule has 1 aliphatic heterocycles. The lowest BCUT2D eigenvalue weighted by Crippen LogP contribution is -2.49. The van der Waals surface area contributed by atoms with E-state index >= 15 is 0 Å². The van der Waals surface area contributed by atoms with E-state index < -0.39 is 27.7 Å². The molecule has 2 amide bonds. The minimum absolute atomic E-state index is 0.00117. The summed E-state index contributed by atoms with van der Waals surface area (Å²) >= 11 is 5.92. The van der Waals surface area contributed by atoms with Gasteiger partial charge in [-0.1, -0.05) is 0 Å². The SMILES string of the molecule is O=C(NC1CCS(=O)(=O)CC1)C(c1cnccn1)N(C(=O)CCl)c1ccc(-c2cnco2)cc1. The van der Waals surface area contributed by atoms with Crippen molar-refractivity contribution in [2.45, 2.75) is 24.9 Å². The van der Waals surface area contributed by atoms with Crippen LogP contribution < -0.4 is 10.2 Å². The first kappa shape index (κ1) is 23.8. The van der Waals surface area contributed by atoms with Gasteiger partial charge in [-0.25, -0.2) is 13.4 Å². The molecule has 0 aliphatic carbocycles. The van der Waals surface area contributed by atoms with Crippen LogP contribution in [0.25, 0.3) is 11.3 Å². The van der Waals surface area contributed by atoms with Crippen LogP contribution in [-0.2, 0) is 19.4 Å². The second kappa shape index (κ2) is 10.3. The number of anilines is 1. The Morgan fingerprint density at radius 2 is 1.85 bits per heavy atom. The Morgan fingerprint density at radius 1 is 1.12 bits per heavy atom. The molecule has 0 bridgehead atoms. The maximum Gasteiger partial charge on any atom is 0.249 e. The number of halogens is 1. The molecule has 1 N–H and O–H groups in total. The number of sulfone groups is 1. The van der Waals surface area contributed by atoms with Crippen LogP contribution in [0, 0.1) is 0 Å². The molecule has 1 aliphatic rings. The van der Waals surface area contributed by atoms with E-state index in [2.05, 4.69) is 20.3 Å². The van der Waals surface area contributed by atoms with Gasteiger partial charge in [0.05, 0.1) is 29.6 Å². The van der Waals surface area contributed by atoms with Crippen molar-refractivity contribution in [2.24, 2.45) is 0 Å². The molecule has 0 spiro atoms. The van der Waals surface area contributed by atoms with Crippen LogP contribution in [-0.4, -0.2) is 58.6 Å². The molecular formula is C22H22ClN5O5S. The van der Waals surface area contributed by atoms with Gasteiger partial charge >= 0.3 is 0 Å². The number of amides is 2. The molecular weight excluding hydrogens is 482 g/mol. The van der Waals surface area contributed by atoms with Gasteiger partial charge in [0.15, 0.2) is 18.2 Å². The van der Waals surface area contributed by atoms with Gasteiger partial charge in [0, 0.05) is 29.7 Å². The number of rotatable bonds is 7. The zero-order valence-corrected chi connectivity index (χ0v) is 19.6. The van der Waals surface area contributed by atoms with Gasteiger partial charge < -0.3 is 9.73 Å². The summed E-state index contributed by atoms with van der Waals surface area (Å²) in [5, 5.41) is 2.89. The van der Waals surface area contributed by atoms with Crippen molar-refractivity contribution in [3.05, 3.63) is 61.1 Å². The number of alkyl halides is 1. The van der Waals surface area contributed by atoms with Gasteiger partial charge in [-0.3, -0.25) is 24.5 Å². The molecule has 34 heavy (non-hydrogen) atoms. The summed E-state index contributed by atoms with van der Waals surface area (Å²) in [5.74, 6) is -0.816. The van der Waals surface area contributed by atoms with Crippen LogP contribution in [0.2, 0.25) is 0 Å². The third-order valence-electron chi connectivity index (χ3n) is 5.52. The van der Waals surface area contributed by atoms with Crippen LogP contribution in [0.1, 0.15) is 24.6 Å². The molecule has 1 unspecified atom stereocenters. The lowest BCUT2D eigenvalue weighted by molar-refractivity contribution is -0.126. The third kappa shape index (κ3) is 5.42. The summed E-state index contributed by atoms with van der Waals surface area (Å²) in [5.41, 5.74) is 1.41. The second-order valence-corrected chi connectivity index (χ2v) is 10.3. The lowest BCUT2D eigenvalue weighted by Gasteiger charge is -2.32. The molecule has 178 valence electrons. The van der Waals surface area contributed by atoms with Gasteiger partial charge in [0.1, 0.15) is 15.7 Å². The first-order valence-corrected chi connectivity index (χ1v) is 12.9. The molecule has 1 atom stereocenters. The van der Waals surface area contributed by atoms with E-state index in [1.807, 2.05) is 0 Å². The molecule has 4 rings (SSSR count). The maximum absolute atomic E-state index is 13.5. The Labute approximate surface area is 201 Å². The number of hydrogen-bond donors (Lipinski definition) is 1. The van der Waals surface area contributed by atoms with Crippen molar-refractivity contribution in [1.29, 1.82) is 0 Å². The number of nitrogens with one attached hydrogen (secondary N) is 1. The van der Waals surface area contributed by atoms with Gasteiger partial charge in [0.2, 0.25) is 11.8 Å². The Morgan fingerprint density at radius 3 is 2.44 bits per heavy atom. The van der Waals surface area contributed by atoms with Crippen molar-refractivity contribution < 1.29 is 22.4 Å². The predicted molar refractivity (Wildman–Crippen MR) is 125 cm³/mol. The topological polar surface area (TPSA) is 135 Å². The summed E-state index contributed by atoms with van der Waals surface area (Å²) in [7, 11) is -3.09. The molecule has 0 saturated carbocycles. The van der Waals surface area contributed by atoms with Gasteiger partial charge in [-0.2, -0.15) is 0 Å². The number of carbonyl (C=O) groups is 2. The zero-order chi connectivity index (χ0) is 24.1. The van der Waals surface area contributed by atoms with Crippen LogP contribution in [0.3, 0.4) is 0 Å². The van der Waals surface area contributed by atoms with Crippen molar-refractivity contribution >= 4 is 38.9 Å². The van der Waals surface area contributed by atoms with Crippen molar-refractivity contribution in [3.8, 4) is 11.3 Å². The van der Waals surface area contributed by atoms with E-state index in [-0.39, 0.29) is 29.1 Å². The second-order valence-electron chi connectivity index (χ2n) is 7.78. The van der Waals surface area contributed by atoms with E-state index in [1.54, 1.807) is 30.5 Å². The quantitative estimate of drug-likeness (QED) is 0.484. The molecule has 1 aromatic carbocycles. The van der Waals surface area contributed by atoms with E-state index in [1.165, 1.54) is 29.9 Å². The smallest absolute Gasteiger partial charge is 0.249 e. The molecule has 2 aromatic heterocycles. The van der Waals surface area contributed by atoms with E-state index in [4.69, 9.17) is 16.0 Å². The number of oxazole rings is 1. The fourth-order valence-electron chi connectivity index (χ4n) is 3.80. The highest BCUT2D eigenvalue weighted by atomic mass is 35.5. The number of nitrogens with zero attached hydrogens (tertiary/aromatic N) is 4. The highest BCUT2D eigenvalue weighted by Crippen LogP contribution is 2.30. The minimum Gasteiger partial charge on any atom is -0.444 e. The van der Waals surface area contributed by atoms with Crippen molar-refractivity contribution in [2.75, 3.05) is 22.3 Å². The van der Waals surface area contributed by atoms with Crippen molar-refractivity contribution in [1.82, 2.24) is 20.3 Å². The Balaban J connectivity index is 1.67. The molecule has 3 heterocycles. The molecule has 3 aromatic rings. The van der Waals surface area contributed by atoms with E-state index in [9.17, 15) is 18.0 Å². The van der Waals surface area contributed by atoms with Crippen molar-refractivity contribution in [3.63, 3.8) is 0 Å². The number of carbonyl (C=O) groups excluding carboxylic acids is 2. The Hall–Kier alpha value is -3.31. The number of hydrogen-bond acceptors (Lipinski definition) is 8. The van der Waals surface area contributed by atoms with Crippen LogP contribution in [0.15, 0.2) is 59.9 Å². The Kier molecular flexibility index (Phi) is 7.23. The summed E-state index contributed by atoms with van der Waals surface area (Å²) in [6.07, 6.45) is 7.79. The third-order valence-corrected chi connectivity index (χ3v) is 7.46. The fraction of sp³-hybridized carbons (Fsp3) is 0.318. The van der Waals surface area contributed by atoms with E-state index in [0.717, 1.165) is 5.56 Å². The fourth-order valence-corrected chi connectivity index (χ4v) is 5.42. The lowest BCUT2D eigenvalue weighted by atomic mass is 10.1. The van der Waals surface area contributed by atoms with Gasteiger partial charge in [-0.05, 0) is 37.1 Å². The van der Waals surface area contributed by atoms with Gasteiger partial charge in [-0.15, -0.1) is 11.6 Å². The monoisotopic (exact) mass is 503 g/mol. The maximum atomic E-state index is 13.5. The summed E-state index contributed by atoms with van der Waals surface area (Å²) in [6, 6.07) is 5.33. The summed E-state index contributed by atoms with van der Waals surface area (Å²) in [4.78, 5) is 39.9. The van der Waals surface area contributed by atoms with Crippen LogP contribution >= 0.6 is 11.6 Å². The van der Waals surface area contributed by atoms with Gasteiger partial charge in [0.25, 0.3) is 0 Å². The predicted octanol–water partition coefficient (Wildman–Crippen LogP) is 2.14. The molecule has 1 saturated heterocycles. The molecule has 1 fully saturated rings. The largest absolute Gasteiger partial charge is 0.444 e.